The number of carboxylic acid groups (broad SMARTS) is 3. The normalized spacial score (nSPS) is 31.9. The number of aliphatic carboxylic acids is 3. The fourth-order valence-electron chi connectivity index (χ4n) is 4.33. The molecule has 19 nitrogen and oxygen atoms in total. The molecule has 2 heterocycles. The van der Waals surface area contributed by atoms with Crippen molar-refractivity contribution >= 4 is 35.8 Å². The van der Waals surface area contributed by atoms with E-state index < -0.39 is 110 Å². The minimum atomic E-state index is -1.71. The number of methoxy groups -OCH3 is 1. The number of ether oxygens (including phenoxy) is 6. The van der Waals surface area contributed by atoms with Crippen LogP contribution < -0.4 is 11.1 Å². The fraction of sp³-hybridized carbons (Fsp3) is 0.538. The van der Waals surface area contributed by atoms with E-state index >= 15 is 0 Å². The van der Waals surface area contributed by atoms with Gasteiger partial charge in [-0.15, -0.1) is 0 Å². The highest BCUT2D eigenvalue weighted by Crippen LogP contribution is 2.32. The predicted molar refractivity (Wildman–Crippen MR) is 143 cm³/mol. The number of carboxylic acids is 3. The number of nitrogens with two attached hydrogens (primary N) is 1. The van der Waals surface area contributed by atoms with Gasteiger partial charge in [0.2, 0.25) is 5.91 Å². The molecule has 10 atom stereocenters. The smallest absolute Gasteiger partial charge is 0.331 e. The molecule has 2 aliphatic rings. The molecule has 0 aromatic carbocycles. The van der Waals surface area contributed by atoms with Crippen LogP contribution in [0.15, 0.2) is 36.5 Å². The molecule has 0 radical (unpaired) electrons. The molecule has 10 unspecified atom stereocenters. The Labute approximate surface area is 254 Å². The molecule has 2 rings (SSSR count). The molecular formula is C26H34N2O17. The highest BCUT2D eigenvalue weighted by molar-refractivity contribution is 5.94. The van der Waals surface area contributed by atoms with Crippen LogP contribution in [0, 0.1) is 5.92 Å². The molecule has 0 saturated carbocycles. The van der Waals surface area contributed by atoms with E-state index in [1.54, 1.807) is 6.92 Å². The lowest BCUT2D eigenvalue weighted by Gasteiger charge is -2.48. The minimum Gasteiger partial charge on any atom is -0.478 e. The summed E-state index contributed by atoms with van der Waals surface area (Å²) in [6.07, 6.45) is -6.98. The van der Waals surface area contributed by atoms with Crippen molar-refractivity contribution < 1.29 is 82.7 Å². The van der Waals surface area contributed by atoms with E-state index in [1.165, 1.54) is 0 Å². The highest BCUT2D eigenvalue weighted by atomic mass is 16.7. The second-order valence-electron chi connectivity index (χ2n) is 9.61. The van der Waals surface area contributed by atoms with Gasteiger partial charge < -0.3 is 65.0 Å². The molecule has 0 aromatic heterocycles. The summed E-state index contributed by atoms with van der Waals surface area (Å²) in [6, 6.07) is -2.80. The van der Waals surface area contributed by atoms with Gasteiger partial charge >= 0.3 is 29.8 Å². The summed E-state index contributed by atoms with van der Waals surface area (Å²) < 4.78 is 33.3. The molecule has 1 amide bonds. The van der Waals surface area contributed by atoms with Crippen molar-refractivity contribution in [2.75, 3.05) is 20.3 Å². The molecule has 2 fully saturated rings. The van der Waals surface area contributed by atoms with Gasteiger partial charge in [0.05, 0.1) is 24.9 Å². The van der Waals surface area contributed by atoms with Crippen LogP contribution in [0.2, 0.25) is 0 Å². The van der Waals surface area contributed by atoms with Crippen LogP contribution in [0.25, 0.3) is 0 Å². The van der Waals surface area contributed by atoms with Gasteiger partial charge in [0, 0.05) is 49.5 Å². The lowest BCUT2D eigenvalue weighted by Crippen LogP contribution is -2.68. The Bertz CT molecular complexity index is 1180. The summed E-state index contributed by atoms with van der Waals surface area (Å²) in [7, 11) is 1.11. The Morgan fingerprint density at radius 1 is 0.822 bits per heavy atom. The first-order chi connectivity index (χ1) is 21.2. The predicted octanol–water partition coefficient (Wildman–Crippen LogP) is -3.35. The zero-order valence-electron chi connectivity index (χ0n) is 23.9. The Hall–Kier alpha value is -4.24. The number of amides is 1. The quantitative estimate of drug-likeness (QED) is 0.0716. The molecule has 0 aromatic rings. The summed E-state index contributed by atoms with van der Waals surface area (Å²) in [5.74, 6) is -8.54. The summed E-state index contributed by atoms with van der Waals surface area (Å²) in [4.78, 5) is 70.0. The van der Waals surface area contributed by atoms with Crippen LogP contribution in [0.5, 0.6) is 0 Å². The number of aliphatic hydroxyl groups excluding tert-OH is 2. The monoisotopic (exact) mass is 646 g/mol. The van der Waals surface area contributed by atoms with E-state index in [2.05, 4.69) is 5.32 Å². The van der Waals surface area contributed by atoms with Crippen molar-refractivity contribution in [1.82, 2.24) is 5.32 Å². The summed E-state index contributed by atoms with van der Waals surface area (Å²) >= 11 is 0. The Morgan fingerprint density at radius 3 is 1.93 bits per heavy atom. The van der Waals surface area contributed by atoms with Crippen LogP contribution in [0.4, 0.5) is 0 Å². The first-order valence-corrected chi connectivity index (χ1v) is 13.1. The SMILES string of the molecule is COC1OC(COC(=O)/C=C/C(=O)O)C(OC2OC(CO)C(C)C(O)C2N)C(OC(=O)/C=C/C(=O)O)C1NC(=O)/C=C/C(=O)O. The number of nitrogens with one attached hydrogen (secondary N) is 1. The van der Waals surface area contributed by atoms with E-state index in [0.717, 1.165) is 7.11 Å². The van der Waals surface area contributed by atoms with E-state index in [-0.39, 0.29) is 0 Å². The summed E-state index contributed by atoms with van der Waals surface area (Å²) in [5.41, 5.74) is 6.13. The third-order valence-corrected chi connectivity index (χ3v) is 6.54. The van der Waals surface area contributed by atoms with Gasteiger partial charge in [-0.25, -0.2) is 24.0 Å². The lowest BCUT2D eigenvalue weighted by atomic mass is 9.89. The molecule has 8 N–H and O–H groups in total. The zero-order chi connectivity index (χ0) is 33.8. The van der Waals surface area contributed by atoms with Crippen molar-refractivity contribution in [1.29, 1.82) is 0 Å². The van der Waals surface area contributed by atoms with Gasteiger partial charge in [-0.05, 0) is 0 Å². The van der Waals surface area contributed by atoms with Gasteiger partial charge in [-0.2, -0.15) is 0 Å². The zero-order valence-corrected chi connectivity index (χ0v) is 23.9. The van der Waals surface area contributed by atoms with Crippen LogP contribution in [0.3, 0.4) is 0 Å². The molecule has 2 aliphatic heterocycles. The van der Waals surface area contributed by atoms with Crippen LogP contribution in [-0.4, -0.2) is 137 Å². The number of esters is 2. The number of hydrogen-bond acceptors (Lipinski definition) is 15. The van der Waals surface area contributed by atoms with Gasteiger partial charge in [0.15, 0.2) is 18.7 Å². The van der Waals surface area contributed by atoms with Crippen molar-refractivity contribution in [3.05, 3.63) is 36.5 Å². The fourth-order valence-corrected chi connectivity index (χ4v) is 4.33. The van der Waals surface area contributed by atoms with E-state index in [9.17, 15) is 39.0 Å². The van der Waals surface area contributed by atoms with Crippen molar-refractivity contribution in [3.63, 3.8) is 0 Å². The third kappa shape index (κ3) is 11.0. The molecular weight excluding hydrogens is 612 g/mol. The summed E-state index contributed by atoms with van der Waals surface area (Å²) in [6.45, 7) is 0.259. The Balaban J connectivity index is 2.57. The third-order valence-electron chi connectivity index (χ3n) is 6.54. The Morgan fingerprint density at radius 2 is 1.38 bits per heavy atom. The number of carbonyl (C=O) groups excluding carboxylic acids is 3. The van der Waals surface area contributed by atoms with Crippen LogP contribution in [0.1, 0.15) is 6.92 Å². The molecule has 45 heavy (non-hydrogen) atoms. The topological polar surface area (TPSA) is 297 Å². The number of hydrogen-bond donors (Lipinski definition) is 7. The average Bonchev–Trinajstić information content (AvgIpc) is 2.98. The van der Waals surface area contributed by atoms with E-state index in [0.29, 0.717) is 36.5 Å². The van der Waals surface area contributed by atoms with Crippen molar-refractivity contribution in [2.24, 2.45) is 11.7 Å². The van der Waals surface area contributed by atoms with Gasteiger partial charge in [-0.3, -0.25) is 4.79 Å². The number of rotatable bonds is 14. The first-order valence-electron chi connectivity index (χ1n) is 13.1. The van der Waals surface area contributed by atoms with E-state index in [1.807, 2.05) is 0 Å². The molecule has 250 valence electrons. The second kappa shape index (κ2) is 17.3. The van der Waals surface area contributed by atoms with Crippen molar-refractivity contribution in [2.45, 2.75) is 62.1 Å². The molecule has 0 spiro atoms. The first kappa shape index (κ1) is 36.9. The largest absolute Gasteiger partial charge is 0.478 e. The maximum Gasteiger partial charge on any atom is 0.331 e. The average molecular weight is 647 g/mol. The van der Waals surface area contributed by atoms with Crippen LogP contribution in [-0.2, 0) is 57.2 Å². The molecule has 2 saturated heterocycles. The molecule has 19 heteroatoms. The maximum atomic E-state index is 12.7. The van der Waals surface area contributed by atoms with E-state index in [4.69, 9.17) is 49.5 Å². The highest BCUT2D eigenvalue weighted by Gasteiger charge is 2.53. The minimum absolute atomic E-state index is 0.451. The standard InChI is InChI=1S/C26H34N2O17/c1-11-12(9-29)42-25(20(27)22(11)39)45-23-13(10-41-18(37)7-5-16(33)34)43-26(40-2)21(28-14(30)3-4-15(31)32)24(23)44-19(38)8-6-17(35)36/h3-8,11-13,20-26,29,39H,9-10,27H2,1-2H3,(H,28,30)(H,31,32)(H,33,34)(H,35,36)/b4-3+,7-5+,8-6+. The van der Waals surface area contributed by atoms with Crippen molar-refractivity contribution in [3.8, 4) is 0 Å². The molecule has 0 aliphatic carbocycles. The van der Waals surface area contributed by atoms with Gasteiger partial charge in [0.25, 0.3) is 0 Å². The van der Waals surface area contributed by atoms with Gasteiger partial charge in [-0.1, -0.05) is 6.92 Å². The summed E-state index contributed by atoms with van der Waals surface area (Å²) in [5, 5.41) is 49.3. The Kier molecular flexibility index (Phi) is 14.2. The number of aliphatic hydroxyl groups is 2. The maximum absolute atomic E-state index is 12.7. The van der Waals surface area contributed by atoms with Crippen LogP contribution >= 0.6 is 0 Å². The second-order valence-corrected chi connectivity index (χ2v) is 9.61. The number of carbonyl (C=O) groups is 6. The van der Waals surface area contributed by atoms with Gasteiger partial charge in [0.1, 0.15) is 24.9 Å². The molecule has 0 bridgehead atoms. The lowest BCUT2D eigenvalue weighted by molar-refractivity contribution is -0.324.